The first kappa shape index (κ1) is 11.6. The average molecular weight is 218 g/mol. The van der Waals surface area contributed by atoms with E-state index >= 15 is 0 Å². The van der Waals surface area contributed by atoms with Crippen molar-refractivity contribution in [3.05, 3.63) is 34.9 Å². The minimum absolute atomic E-state index is 0.353. The molecule has 0 bridgehead atoms. The van der Waals surface area contributed by atoms with Crippen molar-refractivity contribution in [1.82, 2.24) is 4.90 Å². The van der Waals surface area contributed by atoms with Gasteiger partial charge in [0.1, 0.15) is 0 Å². The van der Waals surface area contributed by atoms with Gasteiger partial charge in [0.25, 0.3) is 0 Å². The third-order valence-corrected chi connectivity index (χ3v) is 3.64. The summed E-state index contributed by atoms with van der Waals surface area (Å²) in [6.07, 6.45) is 0. The van der Waals surface area contributed by atoms with Crippen LogP contribution in [0.5, 0.6) is 0 Å². The minimum atomic E-state index is 0.353. The molecule has 1 heterocycles. The van der Waals surface area contributed by atoms with E-state index in [2.05, 4.69) is 43.9 Å². The van der Waals surface area contributed by atoms with Crippen LogP contribution in [0.2, 0.25) is 0 Å². The smallest absolute Gasteiger partial charge is 0.0237 e. The number of hydrogen-bond donors (Lipinski definition) is 1. The van der Waals surface area contributed by atoms with E-state index in [1.807, 2.05) is 0 Å². The number of rotatable bonds is 2. The number of benzene rings is 1. The van der Waals surface area contributed by atoms with E-state index in [1.54, 1.807) is 0 Å². The lowest BCUT2D eigenvalue weighted by molar-refractivity contribution is 0.318. The second kappa shape index (κ2) is 4.56. The van der Waals surface area contributed by atoms with Gasteiger partial charge < -0.3 is 5.73 Å². The van der Waals surface area contributed by atoms with E-state index in [4.69, 9.17) is 5.73 Å². The summed E-state index contributed by atoms with van der Waals surface area (Å²) in [7, 11) is 0. The Balaban J connectivity index is 2.05. The summed E-state index contributed by atoms with van der Waals surface area (Å²) in [6, 6.07) is 7.06. The quantitative estimate of drug-likeness (QED) is 0.823. The highest BCUT2D eigenvalue weighted by Gasteiger charge is 2.26. The molecule has 2 nitrogen and oxygen atoms in total. The molecule has 0 aliphatic carbocycles. The van der Waals surface area contributed by atoms with Gasteiger partial charge in [0.15, 0.2) is 0 Å². The lowest BCUT2D eigenvalue weighted by Gasteiger charge is -2.17. The van der Waals surface area contributed by atoms with Crippen molar-refractivity contribution >= 4 is 0 Å². The van der Waals surface area contributed by atoms with Crippen molar-refractivity contribution in [2.24, 2.45) is 11.7 Å². The Morgan fingerprint density at radius 1 is 1.31 bits per heavy atom. The van der Waals surface area contributed by atoms with E-state index in [0.717, 1.165) is 19.6 Å². The van der Waals surface area contributed by atoms with Crippen molar-refractivity contribution in [3.63, 3.8) is 0 Å². The normalized spacial score (nSPS) is 26.2. The molecule has 2 rings (SSSR count). The SMILES string of the molecule is Cc1ccc(CN2CC(C)C(N)C2)c(C)c1. The fourth-order valence-corrected chi connectivity index (χ4v) is 2.49. The van der Waals surface area contributed by atoms with Gasteiger partial charge in [-0.25, -0.2) is 0 Å². The first-order chi connectivity index (χ1) is 7.56. The Labute approximate surface area is 98.4 Å². The largest absolute Gasteiger partial charge is 0.326 e. The molecule has 1 aromatic rings. The van der Waals surface area contributed by atoms with Crippen LogP contribution in [0, 0.1) is 19.8 Å². The van der Waals surface area contributed by atoms with Gasteiger partial charge in [0, 0.05) is 25.7 Å². The maximum Gasteiger partial charge on any atom is 0.0237 e. The third-order valence-electron chi connectivity index (χ3n) is 3.64. The van der Waals surface area contributed by atoms with Crippen LogP contribution in [0.15, 0.2) is 18.2 Å². The molecule has 1 aromatic carbocycles. The fourth-order valence-electron chi connectivity index (χ4n) is 2.49. The Morgan fingerprint density at radius 3 is 2.62 bits per heavy atom. The molecule has 1 aliphatic rings. The molecule has 0 radical (unpaired) electrons. The van der Waals surface area contributed by atoms with Gasteiger partial charge in [-0.2, -0.15) is 0 Å². The van der Waals surface area contributed by atoms with E-state index in [1.165, 1.54) is 16.7 Å². The summed E-state index contributed by atoms with van der Waals surface area (Å²) in [5.74, 6) is 0.630. The average Bonchev–Trinajstić information content (AvgIpc) is 2.51. The summed E-state index contributed by atoms with van der Waals surface area (Å²) in [6.45, 7) is 9.80. The highest BCUT2D eigenvalue weighted by Crippen LogP contribution is 2.19. The molecule has 1 fully saturated rings. The van der Waals surface area contributed by atoms with E-state index in [-0.39, 0.29) is 0 Å². The predicted molar refractivity (Wildman–Crippen MR) is 68.3 cm³/mol. The summed E-state index contributed by atoms with van der Waals surface area (Å²) >= 11 is 0. The molecule has 16 heavy (non-hydrogen) atoms. The topological polar surface area (TPSA) is 29.3 Å². The standard InChI is InChI=1S/C14H22N2/c1-10-4-5-13(11(2)6-10)8-16-7-12(3)14(15)9-16/h4-6,12,14H,7-9,15H2,1-3H3. The minimum Gasteiger partial charge on any atom is -0.326 e. The maximum atomic E-state index is 6.04. The molecular weight excluding hydrogens is 196 g/mol. The Bertz CT molecular complexity index is 363. The molecule has 0 amide bonds. The highest BCUT2D eigenvalue weighted by molar-refractivity contribution is 5.30. The predicted octanol–water partition coefficient (Wildman–Crippen LogP) is 2.08. The second-order valence-electron chi connectivity index (χ2n) is 5.27. The first-order valence-electron chi connectivity index (χ1n) is 6.10. The third kappa shape index (κ3) is 2.45. The van der Waals surface area contributed by atoms with Gasteiger partial charge >= 0.3 is 0 Å². The van der Waals surface area contributed by atoms with Crippen LogP contribution in [0.25, 0.3) is 0 Å². The monoisotopic (exact) mass is 218 g/mol. The number of hydrogen-bond acceptors (Lipinski definition) is 2. The number of nitrogens with two attached hydrogens (primary N) is 1. The molecule has 2 N–H and O–H groups in total. The molecule has 1 saturated heterocycles. The van der Waals surface area contributed by atoms with Gasteiger partial charge in [0.05, 0.1) is 0 Å². The van der Waals surface area contributed by atoms with Crippen LogP contribution in [-0.2, 0) is 6.54 Å². The van der Waals surface area contributed by atoms with Crippen molar-refractivity contribution in [3.8, 4) is 0 Å². The van der Waals surface area contributed by atoms with Gasteiger partial charge in [-0.3, -0.25) is 4.90 Å². The van der Waals surface area contributed by atoms with Crippen molar-refractivity contribution in [1.29, 1.82) is 0 Å². The van der Waals surface area contributed by atoms with Crippen molar-refractivity contribution < 1.29 is 0 Å². The molecule has 2 heteroatoms. The van der Waals surface area contributed by atoms with Crippen molar-refractivity contribution in [2.75, 3.05) is 13.1 Å². The molecular formula is C14H22N2. The lowest BCUT2D eigenvalue weighted by Crippen LogP contribution is -2.28. The zero-order chi connectivity index (χ0) is 11.7. The summed E-state index contributed by atoms with van der Waals surface area (Å²) in [5, 5.41) is 0. The Morgan fingerprint density at radius 2 is 2.06 bits per heavy atom. The van der Waals surface area contributed by atoms with Gasteiger partial charge in [0.2, 0.25) is 0 Å². The summed E-state index contributed by atoms with van der Waals surface area (Å²) in [4.78, 5) is 2.47. The van der Waals surface area contributed by atoms with Crippen LogP contribution in [-0.4, -0.2) is 24.0 Å². The van der Waals surface area contributed by atoms with Gasteiger partial charge in [-0.15, -0.1) is 0 Å². The summed E-state index contributed by atoms with van der Waals surface area (Å²) in [5.41, 5.74) is 10.2. The molecule has 2 unspecified atom stereocenters. The molecule has 88 valence electrons. The van der Waals surface area contributed by atoms with Crippen LogP contribution in [0.4, 0.5) is 0 Å². The molecule has 0 spiro atoms. The van der Waals surface area contributed by atoms with Gasteiger partial charge in [-0.1, -0.05) is 30.7 Å². The maximum absolute atomic E-state index is 6.04. The number of likely N-dealkylation sites (tertiary alicyclic amines) is 1. The van der Waals surface area contributed by atoms with Crippen LogP contribution in [0.3, 0.4) is 0 Å². The van der Waals surface area contributed by atoms with E-state index in [0.29, 0.717) is 12.0 Å². The molecule has 0 saturated carbocycles. The molecule has 0 aromatic heterocycles. The number of aryl methyl sites for hydroxylation is 2. The molecule has 2 atom stereocenters. The lowest BCUT2D eigenvalue weighted by atomic mass is 10.1. The highest BCUT2D eigenvalue weighted by atomic mass is 15.2. The zero-order valence-electron chi connectivity index (χ0n) is 10.5. The number of nitrogens with zero attached hydrogens (tertiary/aromatic N) is 1. The molecule has 1 aliphatic heterocycles. The zero-order valence-corrected chi connectivity index (χ0v) is 10.5. The van der Waals surface area contributed by atoms with Crippen LogP contribution < -0.4 is 5.73 Å². The first-order valence-corrected chi connectivity index (χ1v) is 6.10. The van der Waals surface area contributed by atoms with Gasteiger partial charge in [-0.05, 0) is 30.9 Å². The summed E-state index contributed by atoms with van der Waals surface area (Å²) < 4.78 is 0. The Hall–Kier alpha value is -0.860. The second-order valence-corrected chi connectivity index (χ2v) is 5.27. The van der Waals surface area contributed by atoms with E-state index in [9.17, 15) is 0 Å². The fraction of sp³-hybridized carbons (Fsp3) is 0.571. The van der Waals surface area contributed by atoms with E-state index < -0.39 is 0 Å². The van der Waals surface area contributed by atoms with Crippen molar-refractivity contribution in [2.45, 2.75) is 33.4 Å². The van der Waals surface area contributed by atoms with Crippen LogP contribution in [0.1, 0.15) is 23.6 Å². The van der Waals surface area contributed by atoms with Crippen LogP contribution >= 0.6 is 0 Å². The Kier molecular flexibility index (Phi) is 3.31.